The molecular weight excluding hydrogens is 302 g/mol. The van der Waals surface area contributed by atoms with Crippen molar-refractivity contribution >= 4 is 44.1 Å². The zero-order valence-electron chi connectivity index (χ0n) is 9.43. The molecule has 0 unspecified atom stereocenters. The fraction of sp³-hybridized carbons (Fsp3) is 0.250. The molecule has 5 heteroatoms. The maximum Gasteiger partial charge on any atom is 0.0924 e. The van der Waals surface area contributed by atoms with Gasteiger partial charge in [-0.25, -0.2) is 0 Å². The second-order valence-electron chi connectivity index (χ2n) is 3.81. The van der Waals surface area contributed by atoms with Crippen LogP contribution >= 0.6 is 27.5 Å². The molecule has 0 radical (unpaired) electrons. The zero-order valence-corrected chi connectivity index (χ0v) is 11.8. The third kappa shape index (κ3) is 2.39. The molecule has 0 aliphatic heterocycles. The third-order valence-electron chi connectivity index (χ3n) is 2.58. The molecule has 0 amide bonds. The van der Waals surface area contributed by atoms with Crippen molar-refractivity contribution in [1.29, 1.82) is 0 Å². The number of halogens is 2. The van der Waals surface area contributed by atoms with Crippen LogP contribution in [0.2, 0.25) is 5.02 Å². The van der Waals surface area contributed by atoms with Crippen LogP contribution in [0.3, 0.4) is 0 Å². The monoisotopic (exact) mass is 313 g/mol. The molecule has 90 valence electrons. The van der Waals surface area contributed by atoms with Gasteiger partial charge in [-0.05, 0) is 24.6 Å². The first-order valence-corrected chi connectivity index (χ1v) is 6.58. The van der Waals surface area contributed by atoms with E-state index in [-0.39, 0.29) is 0 Å². The molecular formula is C12H13BrClN3. The normalized spacial score (nSPS) is 10.8. The molecule has 1 heterocycles. The number of nitrogens with two attached hydrogens (primary N) is 1. The summed E-state index contributed by atoms with van der Waals surface area (Å²) in [5.41, 5.74) is 5.32. The molecule has 17 heavy (non-hydrogen) atoms. The molecule has 0 aliphatic carbocycles. The molecule has 0 aliphatic rings. The third-order valence-corrected chi connectivity index (χ3v) is 3.54. The minimum absolute atomic E-state index is 0.637. The molecule has 0 saturated carbocycles. The van der Waals surface area contributed by atoms with Crippen LogP contribution in [0.15, 0.2) is 22.7 Å². The van der Waals surface area contributed by atoms with E-state index in [9.17, 15) is 0 Å². The second kappa shape index (κ2) is 5.21. The molecule has 1 aromatic carbocycles. The van der Waals surface area contributed by atoms with Crippen LogP contribution in [0, 0.1) is 0 Å². The molecule has 0 atom stereocenters. The Balaban J connectivity index is 2.77. The molecule has 0 bridgehead atoms. The maximum atomic E-state index is 6.18. The van der Waals surface area contributed by atoms with E-state index >= 15 is 0 Å². The van der Waals surface area contributed by atoms with Crippen LogP contribution in [-0.2, 0) is 6.42 Å². The first kappa shape index (κ1) is 12.6. The van der Waals surface area contributed by atoms with Gasteiger partial charge in [0, 0.05) is 15.6 Å². The van der Waals surface area contributed by atoms with Crippen molar-refractivity contribution in [3.05, 3.63) is 33.4 Å². The number of aromatic nitrogens is 1. The Hall–Kier alpha value is -0.840. The van der Waals surface area contributed by atoms with Gasteiger partial charge in [0.05, 0.1) is 16.2 Å². The molecule has 1 aromatic heterocycles. The summed E-state index contributed by atoms with van der Waals surface area (Å²) in [5, 5.41) is 1.55. The smallest absolute Gasteiger partial charge is 0.0924 e. The van der Waals surface area contributed by atoms with E-state index in [0.717, 1.165) is 39.6 Å². The number of rotatable bonds is 3. The van der Waals surface area contributed by atoms with Gasteiger partial charge in [0.25, 0.3) is 0 Å². The number of hydrogen-bond donors (Lipinski definition) is 2. The van der Waals surface area contributed by atoms with Crippen molar-refractivity contribution in [3.63, 3.8) is 0 Å². The highest BCUT2D eigenvalue weighted by atomic mass is 79.9. The summed E-state index contributed by atoms with van der Waals surface area (Å²) in [6.45, 7) is 2.12. The molecule has 3 N–H and O–H groups in total. The Morgan fingerprint density at radius 1 is 1.47 bits per heavy atom. The number of nitrogens with one attached hydrogen (secondary N) is 1. The van der Waals surface area contributed by atoms with E-state index in [2.05, 4.69) is 33.3 Å². The predicted molar refractivity (Wildman–Crippen MR) is 76.3 cm³/mol. The van der Waals surface area contributed by atoms with Crippen LogP contribution in [0.25, 0.3) is 10.9 Å². The Labute approximate surface area is 113 Å². The van der Waals surface area contributed by atoms with Crippen molar-refractivity contribution in [2.75, 3.05) is 5.43 Å². The fourth-order valence-corrected chi connectivity index (χ4v) is 2.55. The highest BCUT2D eigenvalue weighted by Crippen LogP contribution is 2.34. The molecule has 2 aromatic rings. The number of pyridine rings is 1. The first-order valence-electron chi connectivity index (χ1n) is 5.41. The average molecular weight is 315 g/mol. The lowest BCUT2D eigenvalue weighted by atomic mass is 10.1. The van der Waals surface area contributed by atoms with Gasteiger partial charge in [0.1, 0.15) is 0 Å². The van der Waals surface area contributed by atoms with Crippen LogP contribution in [0.4, 0.5) is 5.69 Å². The van der Waals surface area contributed by atoms with Crippen molar-refractivity contribution < 1.29 is 0 Å². The molecule has 3 nitrogen and oxygen atoms in total. The SMILES string of the molecule is CCCc1cc(NN)c2c(Br)ccc(Cl)c2n1. The fourth-order valence-electron chi connectivity index (χ4n) is 1.82. The highest BCUT2D eigenvalue weighted by molar-refractivity contribution is 9.10. The number of benzene rings is 1. The summed E-state index contributed by atoms with van der Waals surface area (Å²) >= 11 is 9.67. The summed E-state index contributed by atoms with van der Waals surface area (Å²) < 4.78 is 0.931. The number of fused-ring (bicyclic) bond motifs is 1. The maximum absolute atomic E-state index is 6.18. The van der Waals surface area contributed by atoms with Crippen LogP contribution in [0.1, 0.15) is 19.0 Å². The summed E-state index contributed by atoms with van der Waals surface area (Å²) in [5.74, 6) is 5.56. The van der Waals surface area contributed by atoms with E-state index < -0.39 is 0 Å². The van der Waals surface area contributed by atoms with Gasteiger partial charge in [-0.15, -0.1) is 0 Å². The van der Waals surface area contributed by atoms with E-state index in [4.69, 9.17) is 17.4 Å². The summed E-state index contributed by atoms with van der Waals surface area (Å²) in [4.78, 5) is 4.58. The van der Waals surface area contributed by atoms with Crippen molar-refractivity contribution in [2.45, 2.75) is 19.8 Å². The Morgan fingerprint density at radius 2 is 2.24 bits per heavy atom. The van der Waals surface area contributed by atoms with Gasteiger partial charge in [-0.3, -0.25) is 10.8 Å². The number of aryl methyl sites for hydroxylation is 1. The topological polar surface area (TPSA) is 50.9 Å². The zero-order chi connectivity index (χ0) is 12.4. The van der Waals surface area contributed by atoms with E-state index in [1.165, 1.54) is 0 Å². The lowest BCUT2D eigenvalue weighted by molar-refractivity contribution is 0.890. The van der Waals surface area contributed by atoms with Crippen LogP contribution in [0.5, 0.6) is 0 Å². The molecule has 0 spiro atoms. The average Bonchev–Trinajstić information content (AvgIpc) is 2.33. The van der Waals surface area contributed by atoms with E-state index in [1.54, 1.807) is 0 Å². The Morgan fingerprint density at radius 3 is 2.88 bits per heavy atom. The van der Waals surface area contributed by atoms with Gasteiger partial charge in [0.15, 0.2) is 0 Å². The quantitative estimate of drug-likeness (QED) is 0.667. The minimum Gasteiger partial charge on any atom is -0.323 e. The van der Waals surface area contributed by atoms with Gasteiger partial charge in [-0.2, -0.15) is 0 Å². The summed E-state index contributed by atoms with van der Waals surface area (Å²) in [7, 11) is 0. The lowest BCUT2D eigenvalue weighted by Gasteiger charge is -2.11. The second-order valence-corrected chi connectivity index (χ2v) is 5.07. The summed E-state index contributed by atoms with van der Waals surface area (Å²) in [6.07, 6.45) is 1.95. The first-order chi connectivity index (χ1) is 8.17. The predicted octanol–water partition coefficient (Wildman–Crippen LogP) is 3.89. The largest absolute Gasteiger partial charge is 0.323 e. The van der Waals surface area contributed by atoms with Crippen LogP contribution in [-0.4, -0.2) is 4.98 Å². The minimum atomic E-state index is 0.637. The van der Waals surface area contributed by atoms with Crippen molar-refractivity contribution in [3.8, 4) is 0 Å². The highest BCUT2D eigenvalue weighted by Gasteiger charge is 2.11. The van der Waals surface area contributed by atoms with Crippen molar-refractivity contribution in [2.24, 2.45) is 5.84 Å². The number of hydrogen-bond acceptors (Lipinski definition) is 3. The van der Waals surface area contributed by atoms with Crippen molar-refractivity contribution in [1.82, 2.24) is 4.98 Å². The molecule has 2 rings (SSSR count). The molecule has 0 fully saturated rings. The number of nitrogens with zero attached hydrogens (tertiary/aromatic N) is 1. The molecule has 0 saturated heterocycles. The lowest BCUT2D eigenvalue weighted by Crippen LogP contribution is -2.08. The Kier molecular flexibility index (Phi) is 3.86. The van der Waals surface area contributed by atoms with Crippen LogP contribution < -0.4 is 11.3 Å². The van der Waals surface area contributed by atoms with Gasteiger partial charge in [-0.1, -0.05) is 40.9 Å². The standard InChI is InChI=1S/C12H13BrClN3/c1-2-3-7-6-10(17-15)11-8(13)4-5-9(14)12(11)16-7/h4-6H,2-3,15H2,1H3,(H,16,17). The van der Waals surface area contributed by atoms with E-state index in [0.29, 0.717) is 5.02 Å². The summed E-state index contributed by atoms with van der Waals surface area (Å²) in [6, 6.07) is 5.69. The number of anilines is 1. The van der Waals surface area contributed by atoms with Gasteiger partial charge >= 0.3 is 0 Å². The number of nitrogen functional groups attached to an aromatic ring is 1. The van der Waals surface area contributed by atoms with Gasteiger partial charge < -0.3 is 5.43 Å². The van der Waals surface area contributed by atoms with E-state index in [1.807, 2.05) is 18.2 Å². The van der Waals surface area contributed by atoms with Gasteiger partial charge in [0.2, 0.25) is 0 Å². The Bertz CT molecular complexity index is 557. The number of hydrazine groups is 1.